The van der Waals surface area contributed by atoms with Crippen LogP contribution in [0.4, 0.5) is 0 Å². The lowest BCUT2D eigenvalue weighted by molar-refractivity contribution is -0.143. The molecule has 0 saturated carbocycles. The van der Waals surface area contributed by atoms with Crippen LogP contribution in [0.1, 0.15) is 57.3 Å². The van der Waals surface area contributed by atoms with Crippen molar-refractivity contribution in [2.24, 2.45) is 0 Å². The van der Waals surface area contributed by atoms with Gasteiger partial charge < -0.3 is 14.2 Å². The van der Waals surface area contributed by atoms with Crippen molar-refractivity contribution in [2.45, 2.75) is 52.6 Å². The molecular formula is C18H27ClO4. The van der Waals surface area contributed by atoms with Crippen molar-refractivity contribution in [3.8, 4) is 0 Å². The highest BCUT2D eigenvalue weighted by Gasteiger charge is 2.17. The first-order chi connectivity index (χ1) is 11.1. The molecule has 0 bridgehead atoms. The molecule has 0 aliphatic carbocycles. The fourth-order valence-corrected chi connectivity index (χ4v) is 2.57. The monoisotopic (exact) mass is 342 g/mol. The van der Waals surface area contributed by atoms with Crippen LogP contribution in [0.25, 0.3) is 0 Å². The number of halogens is 1. The molecule has 0 fully saturated rings. The fourth-order valence-electron chi connectivity index (χ4n) is 2.38. The molecule has 1 rings (SSSR count). The van der Waals surface area contributed by atoms with Crippen LogP contribution in [-0.2, 0) is 25.4 Å². The van der Waals surface area contributed by atoms with E-state index < -0.39 is 0 Å². The second kappa shape index (κ2) is 11.4. The Balaban J connectivity index is 2.86. The molecular weight excluding hydrogens is 316 g/mol. The number of carbonyl (C=O) groups is 1. The molecule has 23 heavy (non-hydrogen) atoms. The third kappa shape index (κ3) is 7.34. The molecule has 1 aromatic carbocycles. The number of aryl methyl sites for hydroxylation is 1. The van der Waals surface area contributed by atoms with Crippen LogP contribution in [0.2, 0.25) is 5.02 Å². The van der Waals surface area contributed by atoms with E-state index in [9.17, 15) is 4.79 Å². The molecule has 0 aromatic heterocycles. The third-order valence-electron chi connectivity index (χ3n) is 3.46. The molecule has 1 atom stereocenters. The summed E-state index contributed by atoms with van der Waals surface area (Å²) in [5.74, 6) is -0.194. The first-order valence-corrected chi connectivity index (χ1v) is 8.63. The van der Waals surface area contributed by atoms with E-state index in [2.05, 4.69) is 6.92 Å². The number of ether oxygens (including phenoxy) is 3. The maximum absolute atomic E-state index is 11.6. The van der Waals surface area contributed by atoms with Gasteiger partial charge in [-0.25, -0.2) is 0 Å². The Bertz CT molecular complexity index is 476. The van der Waals surface area contributed by atoms with E-state index in [-0.39, 0.29) is 18.9 Å². The van der Waals surface area contributed by atoms with Crippen molar-refractivity contribution >= 4 is 17.6 Å². The number of rotatable bonds is 11. The number of esters is 1. The number of hydrogen-bond acceptors (Lipinski definition) is 4. The normalized spacial score (nSPS) is 12.2. The molecule has 5 heteroatoms. The molecule has 0 spiro atoms. The van der Waals surface area contributed by atoms with Crippen molar-refractivity contribution in [3.05, 3.63) is 34.3 Å². The summed E-state index contributed by atoms with van der Waals surface area (Å²) in [5, 5.41) is 0.660. The van der Waals surface area contributed by atoms with Gasteiger partial charge in [-0.15, -0.1) is 0 Å². The Hall–Kier alpha value is -1.10. The molecule has 0 radical (unpaired) electrons. The van der Waals surface area contributed by atoms with Crippen molar-refractivity contribution in [1.29, 1.82) is 0 Å². The minimum atomic E-state index is -0.194. The zero-order chi connectivity index (χ0) is 17.1. The largest absolute Gasteiger partial charge is 0.466 e. The van der Waals surface area contributed by atoms with Crippen LogP contribution in [0.3, 0.4) is 0 Å². The lowest BCUT2D eigenvalue weighted by atomic mass is 9.96. The highest BCUT2D eigenvalue weighted by molar-refractivity contribution is 6.30. The van der Waals surface area contributed by atoms with E-state index >= 15 is 0 Å². The van der Waals surface area contributed by atoms with Crippen LogP contribution in [0, 0.1) is 0 Å². The zero-order valence-electron chi connectivity index (χ0n) is 14.3. The Kier molecular flexibility index (Phi) is 9.92. The minimum Gasteiger partial charge on any atom is -0.466 e. The molecule has 0 amide bonds. The van der Waals surface area contributed by atoms with Gasteiger partial charge in [-0.1, -0.05) is 31.0 Å². The van der Waals surface area contributed by atoms with Crippen molar-refractivity contribution in [2.75, 3.05) is 20.0 Å². The number of benzene rings is 1. The zero-order valence-corrected chi connectivity index (χ0v) is 15.0. The van der Waals surface area contributed by atoms with Crippen LogP contribution in [0.5, 0.6) is 0 Å². The maximum Gasteiger partial charge on any atom is 0.306 e. The van der Waals surface area contributed by atoms with E-state index in [0.717, 1.165) is 24.0 Å². The summed E-state index contributed by atoms with van der Waals surface area (Å²) < 4.78 is 16.2. The molecule has 130 valence electrons. The summed E-state index contributed by atoms with van der Waals surface area (Å²) in [5.41, 5.74) is 2.10. The van der Waals surface area contributed by atoms with Gasteiger partial charge in [0.15, 0.2) is 0 Å². The van der Waals surface area contributed by atoms with Crippen LogP contribution >= 0.6 is 11.6 Å². The lowest BCUT2D eigenvalue weighted by Gasteiger charge is -2.21. The Labute approximate surface area is 144 Å². The summed E-state index contributed by atoms with van der Waals surface area (Å²) in [4.78, 5) is 11.6. The van der Waals surface area contributed by atoms with Gasteiger partial charge in [-0.3, -0.25) is 4.79 Å². The van der Waals surface area contributed by atoms with Crippen molar-refractivity contribution in [3.63, 3.8) is 0 Å². The van der Waals surface area contributed by atoms with E-state index in [4.69, 9.17) is 25.8 Å². The lowest BCUT2D eigenvalue weighted by Crippen LogP contribution is -2.12. The van der Waals surface area contributed by atoms with Crippen molar-refractivity contribution in [1.82, 2.24) is 0 Å². The Morgan fingerprint density at radius 2 is 2.00 bits per heavy atom. The molecule has 0 heterocycles. The molecule has 0 aliphatic heterocycles. The van der Waals surface area contributed by atoms with Gasteiger partial charge in [0.1, 0.15) is 6.79 Å². The molecule has 1 aromatic rings. The quantitative estimate of drug-likeness (QED) is 0.332. The first kappa shape index (κ1) is 19.9. The second-order valence-electron chi connectivity index (χ2n) is 5.20. The fraction of sp³-hybridized carbons (Fsp3) is 0.611. The average Bonchev–Trinajstić information content (AvgIpc) is 2.53. The number of carbonyl (C=O) groups excluding carboxylic acids is 1. The van der Waals surface area contributed by atoms with Crippen LogP contribution in [-0.4, -0.2) is 26.0 Å². The van der Waals surface area contributed by atoms with E-state index in [1.54, 1.807) is 0 Å². The highest BCUT2D eigenvalue weighted by atomic mass is 35.5. The average molecular weight is 343 g/mol. The summed E-state index contributed by atoms with van der Waals surface area (Å²) in [6, 6.07) is 5.75. The van der Waals surface area contributed by atoms with E-state index in [1.165, 1.54) is 0 Å². The van der Waals surface area contributed by atoms with Gasteiger partial charge >= 0.3 is 5.97 Å². The summed E-state index contributed by atoms with van der Waals surface area (Å²) in [6.45, 7) is 7.14. The van der Waals surface area contributed by atoms with Crippen molar-refractivity contribution < 1.29 is 19.0 Å². The van der Waals surface area contributed by atoms with Crippen LogP contribution in [0.15, 0.2) is 18.2 Å². The molecule has 0 aliphatic rings. The highest BCUT2D eigenvalue weighted by Crippen LogP contribution is 2.29. The van der Waals surface area contributed by atoms with Gasteiger partial charge in [0, 0.05) is 18.1 Å². The van der Waals surface area contributed by atoms with Gasteiger partial charge in [0.2, 0.25) is 0 Å². The number of hydrogen-bond donors (Lipinski definition) is 0. The van der Waals surface area contributed by atoms with E-state index in [0.29, 0.717) is 31.1 Å². The molecule has 4 nitrogen and oxygen atoms in total. The predicted octanol–water partition coefficient (Wildman–Crippen LogP) is 4.69. The standard InChI is InChI=1S/C18H27ClO4/c1-4-7-17(23-13-21-5-2)16-10-9-15(19)12-14(16)8-11-18(20)22-6-3/h9-10,12,17H,4-8,11,13H2,1-3H3/t17-/m1/s1. The van der Waals surface area contributed by atoms with Gasteiger partial charge in [-0.05, 0) is 49.9 Å². The smallest absolute Gasteiger partial charge is 0.306 e. The van der Waals surface area contributed by atoms with Gasteiger partial charge in [0.05, 0.1) is 12.7 Å². The summed E-state index contributed by atoms with van der Waals surface area (Å²) >= 11 is 6.12. The summed E-state index contributed by atoms with van der Waals surface area (Å²) in [7, 11) is 0. The van der Waals surface area contributed by atoms with E-state index in [1.807, 2.05) is 32.0 Å². The Morgan fingerprint density at radius 3 is 2.65 bits per heavy atom. The molecule has 0 saturated heterocycles. The third-order valence-corrected chi connectivity index (χ3v) is 3.70. The second-order valence-corrected chi connectivity index (χ2v) is 5.64. The minimum absolute atomic E-state index is 0.0546. The Morgan fingerprint density at radius 1 is 1.22 bits per heavy atom. The molecule has 0 unspecified atom stereocenters. The topological polar surface area (TPSA) is 44.8 Å². The summed E-state index contributed by atoms with van der Waals surface area (Å²) in [6.07, 6.45) is 2.76. The first-order valence-electron chi connectivity index (χ1n) is 8.25. The molecule has 0 N–H and O–H groups in total. The van der Waals surface area contributed by atoms with Gasteiger partial charge in [0.25, 0.3) is 0 Å². The maximum atomic E-state index is 11.6. The van der Waals surface area contributed by atoms with Crippen LogP contribution < -0.4 is 0 Å². The van der Waals surface area contributed by atoms with Gasteiger partial charge in [-0.2, -0.15) is 0 Å². The SMILES string of the molecule is CCC[C@@H](OCOCC)c1ccc(Cl)cc1CCC(=O)OCC. The predicted molar refractivity (Wildman–Crippen MR) is 91.6 cm³/mol.